The first-order valence-electron chi connectivity index (χ1n) is 7.89. The van der Waals surface area contributed by atoms with Gasteiger partial charge in [0.1, 0.15) is 5.69 Å². The van der Waals surface area contributed by atoms with Crippen molar-refractivity contribution in [3.8, 4) is 0 Å². The maximum atomic E-state index is 11.4. The van der Waals surface area contributed by atoms with Crippen molar-refractivity contribution in [2.45, 2.75) is 45.1 Å². The van der Waals surface area contributed by atoms with Gasteiger partial charge in [-0.25, -0.2) is 9.78 Å². The maximum Gasteiger partial charge on any atom is 0.354 e. The highest BCUT2D eigenvalue weighted by molar-refractivity contribution is 5.92. The fraction of sp³-hybridized carbons (Fsp3) is 0.444. The molecule has 0 radical (unpaired) electrons. The number of fused-ring (bicyclic) bond motifs is 1. The molecule has 1 unspecified atom stereocenters. The van der Waals surface area contributed by atoms with Crippen molar-refractivity contribution in [2.24, 2.45) is 5.92 Å². The van der Waals surface area contributed by atoms with Gasteiger partial charge in [-0.1, -0.05) is 37.5 Å². The molecule has 0 bridgehead atoms. The van der Waals surface area contributed by atoms with Crippen LogP contribution in [0.5, 0.6) is 0 Å². The van der Waals surface area contributed by atoms with Crippen molar-refractivity contribution < 1.29 is 15.0 Å². The average molecular weight is 299 g/mol. The molecule has 1 aliphatic rings. The number of carboxylic acids is 1. The molecule has 4 nitrogen and oxygen atoms in total. The van der Waals surface area contributed by atoms with Crippen LogP contribution in [0.15, 0.2) is 24.3 Å². The summed E-state index contributed by atoms with van der Waals surface area (Å²) in [5.74, 6) is -0.844. The summed E-state index contributed by atoms with van der Waals surface area (Å²) in [5, 5.41) is 21.0. The van der Waals surface area contributed by atoms with Crippen LogP contribution in [0, 0.1) is 12.8 Å². The van der Waals surface area contributed by atoms with Gasteiger partial charge in [-0.3, -0.25) is 0 Å². The monoisotopic (exact) mass is 299 g/mol. The van der Waals surface area contributed by atoms with Gasteiger partial charge in [0.2, 0.25) is 0 Å². The molecule has 0 spiro atoms. The van der Waals surface area contributed by atoms with Crippen molar-refractivity contribution in [2.75, 3.05) is 0 Å². The number of carbonyl (C=O) groups is 1. The minimum atomic E-state index is -1.05. The molecule has 1 fully saturated rings. The molecule has 0 saturated heterocycles. The van der Waals surface area contributed by atoms with Crippen LogP contribution < -0.4 is 0 Å². The lowest BCUT2D eigenvalue weighted by molar-refractivity contribution is 0.0688. The van der Waals surface area contributed by atoms with Gasteiger partial charge < -0.3 is 10.2 Å². The molecule has 0 amide bonds. The van der Waals surface area contributed by atoms with Gasteiger partial charge >= 0.3 is 5.97 Å². The summed E-state index contributed by atoms with van der Waals surface area (Å²) in [6, 6.07) is 7.31. The number of rotatable bonds is 3. The Hall–Kier alpha value is -1.94. The Kier molecular flexibility index (Phi) is 4.12. The van der Waals surface area contributed by atoms with Gasteiger partial charge in [0.15, 0.2) is 0 Å². The topological polar surface area (TPSA) is 70.4 Å². The number of hydrogen-bond donors (Lipinski definition) is 2. The number of carboxylic acid groups (broad SMARTS) is 1. The van der Waals surface area contributed by atoms with Crippen molar-refractivity contribution >= 4 is 16.9 Å². The second kappa shape index (κ2) is 6.05. The minimum absolute atomic E-state index is 0.00617. The van der Waals surface area contributed by atoms with E-state index in [1.807, 2.05) is 25.1 Å². The average Bonchev–Trinajstić information content (AvgIpc) is 2.54. The van der Waals surface area contributed by atoms with Gasteiger partial charge in [-0.15, -0.1) is 0 Å². The predicted octanol–water partition coefficient (Wildman–Crippen LogP) is 3.86. The normalized spacial score (nSPS) is 17.5. The second-order valence-electron chi connectivity index (χ2n) is 6.22. The van der Waals surface area contributed by atoms with Crippen molar-refractivity contribution in [3.05, 3.63) is 41.1 Å². The third kappa shape index (κ3) is 2.71. The fourth-order valence-electron chi connectivity index (χ4n) is 3.48. The molecule has 2 N–H and O–H groups in total. The Bertz CT molecular complexity index is 705. The SMILES string of the molecule is Cc1cccc2c(C(O)C3CCCCC3)cc(C(=O)O)nc12. The fourth-order valence-corrected chi connectivity index (χ4v) is 3.48. The van der Waals surface area contributed by atoms with Gasteiger partial charge in [0, 0.05) is 5.39 Å². The number of aryl methyl sites for hydroxylation is 1. The minimum Gasteiger partial charge on any atom is -0.477 e. The number of para-hydroxylation sites is 1. The largest absolute Gasteiger partial charge is 0.477 e. The van der Waals surface area contributed by atoms with Crippen LogP contribution in [0.1, 0.15) is 59.8 Å². The standard InChI is InChI=1S/C18H21NO3/c1-11-6-5-9-13-14(10-15(18(21)22)19-16(11)13)17(20)12-7-3-2-4-8-12/h5-6,9-10,12,17,20H,2-4,7-8H2,1H3,(H,21,22). The Morgan fingerprint density at radius 1 is 1.27 bits per heavy atom. The Labute approximate surface area is 129 Å². The second-order valence-corrected chi connectivity index (χ2v) is 6.22. The van der Waals surface area contributed by atoms with Gasteiger partial charge in [-0.05, 0) is 42.9 Å². The van der Waals surface area contributed by atoms with Crippen molar-refractivity contribution in [3.63, 3.8) is 0 Å². The van der Waals surface area contributed by atoms with E-state index in [-0.39, 0.29) is 11.6 Å². The predicted molar refractivity (Wildman–Crippen MR) is 85.0 cm³/mol. The van der Waals surface area contributed by atoms with Crippen LogP contribution in [0.2, 0.25) is 0 Å². The lowest BCUT2D eigenvalue weighted by atomic mass is 9.82. The Balaban J connectivity index is 2.13. The number of aromatic carboxylic acids is 1. The highest BCUT2D eigenvalue weighted by Crippen LogP contribution is 2.37. The third-order valence-electron chi connectivity index (χ3n) is 4.71. The van der Waals surface area contributed by atoms with Crippen molar-refractivity contribution in [1.82, 2.24) is 4.98 Å². The molecular formula is C18H21NO3. The first kappa shape index (κ1) is 15.0. The number of pyridine rings is 1. The summed E-state index contributed by atoms with van der Waals surface area (Å²) in [6.07, 6.45) is 4.87. The van der Waals surface area contributed by atoms with Crippen LogP contribution in [0.3, 0.4) is 0 Å². The van der Waals surface area contributed by atoms with Crippen LogP contribution in [0.4, 0.5) is 0 Å². The van der Waals surface area contributed by atoms with Gasteiger partial charge in [0.05, 0.1) is 11.6 Å². The van der Waals surface area contributed by atoms with E-state index in [0.717, 1.165) is 36.6 Å². The maximum absolute atomic E-state index is 11.4. The zero-order chi connectivity index (χ0) is 15.7. The smallest absolute Gasteiger partial charge is 0.354 e. The van der Waals surface area contributed by atoms with Crippen LogP contribution in [-0.2, 0) is 0 Å². The number of aliphatic hydroxyl groups excluding tert-OH is 1. The molecule has 1 saturated carbocycles. The first-order chi connectivity index (χ1) is 10.6. The van der Waals surface area contributed by atoms with E-state index in [1.165, 1.54) is 6.42 Å². The zero-order valence-corrected chi connectivity index (χ0v) is 12.7. The molecule has 22 heavy (non-hydrogen) atoms. The lowest BCUT2D eigenvalue weighted by Crippen LogP contribution is -2.17. The summed E-state index contributed by atoms with van der Waals surface area (Å²) < 4.78 is 0. The Morgan fingerprint density at radius 3 is 2.68 bits per heavy atom. The number of nitrogens with zero attached hydrogens (tertiary/aromatic N) is 1. The molecule has 0 aliphatic heterocycles. The molecular weight excluding hydrogens is 278 g/mol. The quantitative estimate of drug-likeness (QED) is 0.903. The molecule has 1 aromatic heterocycles. The molecule has 4 heteroatoms. The molecule has 1 aromatic carbocycles. The zero-order valence-electron chi connectivity index (χ0n) is 12.7. The number of aliphatic hydroxyl groups is 1. The van der Waals surface area contributed by atoms with E-state index in [4.69, 9.17) is 0 Å². The summed E-state index contributed by atoms with van der Waals surface area (Å²) in [7, 11) is 0. The molecule has 2 aromatic rings. The summed E-state index contributed by atoms with van der Waals surface area (Å²) in [5.41, 5.74) is 2.31. The van der Waals surface area contributed by atoms with E-state index >= 15 is 0 Å². The van der Waals surface area contributed by atoms with Crippen LogP contribution in [-0.4, -0.2) is 21.2 Å². The van der Waals surface area contributed by atoms with E-state index < -0.39 is 12.1 Å². The molecule has 1 aliphatic carbocycles. The molecule has 116 valence electrons. The molecule has 3 rings (SSSR count). The summed E-state index contributed by atoms with van der Waals surface area (Å²) in [4.78, 5) is 15.6. The molecule has 1 atom stereocenters. The van der Waals surface area contributed by atoms with Crippen LogP contribution in [0.25, 0.3) is 10.9 Å². The van der Waals surface area contributed by atoms with Gasteiger partial charge in [0.25, 0.3) is 0 Å². The number of hydrogen-bond acceptors (Lipinski definition) is 3. The van der Waals surface area contributed by atoms with Crippen LogP contribution >= 0.6 is 0 Å². The van der Waals surface area contributed by atoms with E-state index in [0.29, 0.717) is 11.1 Å². The number of aromatic nitrogens is 1. The van der Waals surface area contributed by atoms with E-state index in [9.17, 15) is 15.0 Å². The highest BCUT2D eigenvalue weighted by Gasteiger charge is 2.26. The van der Waals surface area contributed by atoms with Crippen molar-refractivity contribution in [1.29, 1.82) is 0 Å². The Morgan fingerprint density at radius 2 is 2.00 bits per heavy atom. The summed E-state index contributed by atoms with van der Waals surface area (Å²) in [6.45, 7) is 1.91. The van der Waals surface area contributed by atoms with Gasteiger partial charge in [-0.2, -0.15) is 0 Å². The van der Waals surface area contributed by atoms with E-state index in [1.54, 1.807) is 6.07 Å². The van der Waals surface area contributed by atoms with E-state index in [2.05, 4.69) is 4.98 Å². The lowest BCUT2D eigenvalue weighted by Gasteiger charge is -2.27. The first-order valence-corrected chi connectivity index (χ1v) is 7.89. The number of benzene rings is 1. The summed E-state index contributed by atoms with van der Waals surface area (Å²) >= 11 is 0. The molecule has 1 heterocycles. The highest BCUT2D eigenvalue weighted by atomic mass is 16.4. The third-order valence-corrected chi connectivity index (χ3v) is 4.71.